The first-order valence-electron chi connectivity index (χ1n) is 3.53. The van der Waals surface area contributed by atoms with Crippen LogP contribution in [0.1, 0.15) is 26.7 Å². The Balaban J connectivity index is 3.73. The van der Waals surface area contributed by atoms with E-state index in [1.54, 1.807) is 0 Å². The van der Waals surface area contributed by atoms with Crippen LogP contribution < -0.4 is 0 Å². The van der Waals surface area contributed by atoms with Gasteiger partial charge in [-0.1, -0.05) is 19.4 Å². The van der Waals surface area contributed by atoms with Crippen molar-refractivity contribution in [2.45, 2.75) is 32.1 Å². The molecule has 0 aromatic heterocycles. The van der Waals surface area contributed by atoms with Crippen molar-refractivity contribution in [1.29, 1.82) is 5.41 Å². The van der Waals surface area contributed by atoms with Gasteiger partial charge in [-0.05, 0) is 18.9 Å². The van der Waals surface area contributed by atoms with E-state index in [-0.39, 0.29) is 5.38 Å². The molecule has 0 radical (unpaired) electrons. The molecule has 0 spiro atoms. The van der Waals surface area contributed by atoms with Crippen molar-refractivity contribution in [3.8, 4) is 0 Å². The molecule has 0 fully saturated rings. The molecule has 0 aromatic carbocycles. The molecule has 0 saturated carbocycles. The van der Waals surface area contributed by atoms with Crippen molar-refractivity contribution in [1.82, 2.24) is 0 Å². The molecule has 2 heteroatoms. The van der Waals surface area contributed by atoms with E-state index >= 15 is 0 Å². The molecule has 0 bridgehead atoms. The second-order valence-corrected chi connectivity index (χ2v) is 2.92. The Morgan fingerprint density at radius 3 is 2.70 bits per heavy atom. The lowest BCUT2D eigenvalue weighted by molar-refractivity contribution is 0.819. The predicted molar refractivity (Wildman–Crippen MR) is 47.1 cm³/mol. The fraction of sp³-hybridized carbons (Fsp3) is 0.625. The summed E-state index contributed by atoms with van der Waals surface area (Å²) in [6, 6.07) is 0. The molecular formula is C8H14ClN. The van der Waals surface area contributed by atoms with Gasteiger partial charge in [-0.3, -0.25) is 0 Å². The number of nitrogens with one attached hydrogen (secondary N) is 1. The summed E-state index contributed by atoms with van der Waals surface area (Å²) in [5, 5.41) is 6.99. The van der Waals surface area contributed by atoms with Crippen molar-refractivity contribution in [2.24, 2.45) is 0 Å². The quantitative estimate of drug-likeness (QED) is 0.482. The Morgan fingerprint density at radius 1 is 1.70 bits per heavy atom. The highest BCUT2D eigenvalue weighted by molar-refractivity contribution is 6.22. The fourth-order valence-electron chi connectivity index (χ4n) is 0.692. The molecule has 1 unspecified atom stereocenters. The maximum absolute atomic E-state index is 6.88. The van der Waals surface area contributed by atoms with Crippen LogP contribution in [0.15, 0.2) is 11.6 Å². The Kier molecular flexibility index (Phi) is 5.32. The molecule has 1 N–H and O–H groups in total. The van der Waals surface area contributed by atoms with E-state index in [0.717, 1.165) is 18.4 Å². The van der Waals surface area contributed by atoms with Crippen LogP contribution in [0.4, 0.5) is 0 Å². The van der Waals surface area contributed by atoms with Crippen LogP contribution in [0.3, 0.4) is 0 Å². The molecule has 0 aliphatic carbocycles. The second kappa shape index (κ2) is 5.48. The van der Waals surface area contributed by atoms with E-state index in [9.17, 15) is 0 Å². The van der Waals surface area contributed by atoms with Crippen LogP contribution in [-0.4, -0.2) is 11.6 Å². The Bertz CT molecular complexity index is 129. The standard InChI is InChI=1S/C8H14ClN/c1-3-4-8(9)5-7(2)6-10/h5-6,8,10H,3-4H2,1-2H3/b7-5-,10-6?. The molecule has 0 rings (SSSR count). The van der Waals surface area contributed by atoms with Gasteiger partial charge in [0.15, 0.2) is 0 Å². The van der Waals surface area contributed by atoms with E-state index in [1.807, 2.05) is 13.0 Å². The van der Waals surface area contributed by atoms with Crippen LogP contribution in [0.25, 0.3) is 0 Å². The van der Waals surface area contributed by atoms with Gasteiger partial charge in [-0.2, -0.15) is 0 Å². The minimum absolute atomic E-state index is 0.103. The Hall–Kier alpha value is -0.300. The molecule has 0 saturated heterocycles. The zero-order valence-corrected chi connectivity index (χ0v) is 7.28. The molecule has 0 heterocycles. The van der Waals surface area contributed by atoms with E-state index in [1.165, 1.54) is 6.21 Å². The summed E-state index contributed by atoms with van der Waals surface area (Å²) in [6.45, 7) is 3.99. The van der Waals surface area contributed by atoms with Crippen molar-refractivity contribution in [3.63, 3.8) is 0 Å². The maximum atomic E-state index is 6.88. The van der Waals surface area contributed by atoms with Crippen LogP contribution >= 0.6 is 11.6 Å². The van der Waals surface area contributed by atoms with Crippen molar-refractivity contribution in [3.05, 3.63) is 11.6 Å². The van der Waals surface area contributed by atoms with Gasteiger partial charge < -0.3 is 5.41 Å². The van der Waals surface area contributed by atoms with Gasteiger partial charge >= 0.3 is 0 Å². The summed E-state index contributed by atoms with van der Waals surface area (Å²) in [7, 11) is 0. The summed E-state index contributed by atoms with van der Waals surface area (Å²) < 4.78 is 0. The second-order valence-electron chi connectivity index (χ2n) is 2.36. The first kappa shape index (κ1) is 9.70. The van der Waals surface area contributed by atoms with Gasteiger partial charge in [0.05, 0.1) is 5.38 Å². The highest BCUT2D eigenvalue weighted by Gasteiger charge is 1.96. The minimum atomic E-state index is 0.103. The van der Waals surface area contributed by atoms with Gasteiger partial charge in [0.2, 0.25) is 0 Å². The average Bonchev–Trinajstić information content (AvgIpc) is 1.88. The molecule has 58 valence electrons. The van der Waals surface area contributed by atoms with E-state index in [2.05, 4.69) is 6.92 Å². The Morgan fingerprint density at radius 2 is 2.30 bits per heavy atom. The lowest BCUT2D eigenvalue weighted by Crippen LogP contribution is -1.93. The van der Waals surface area contributed by atoms with Crippen LogP contribution in [-0.2, 0) is 0 Å². The van der Waals surface area contributed by atoms with E-state index < -0.39 is 0 Å². The summed E-state index contributed by atoms with van der Waals surface area (Å²) >= 11 is 5.87. The fourth-order valence-corrected chi connectivity index (χ4v) is 1.11. The lowest BCUT2D eigenvalue weighted by atomic mass is 10.2. The smallest absolute Gasteiger partial charge is 0.0522 e. The number of allylic oxidation sites excluding steroid dienone is 2. The summed E-state index contributed by atoms with van der Waals surface area (Å²) in [6.07, 6.45) is 5.33. The molecule has 1 nitrogen and oxygen atoms in total. The van der Waals surface area contributed by atoms with E-state index in [4.69, 9.17) is 17.0 Å². The number of alkyl halides is 1. The van der Waals surface area contributed by atoms with Gasteiger partial charge in [-0.25, -0.2) is 0 Å². The topological polar surface area (TPSA) is 23.9 Å². The first-order valence-corrected chi connectivity index (χ1v) is 3.97. The highest BCUT2D eigenvalue weighted by Crippen LogP contribution is 2.08. The average molecular weight is 160 g/mol. The molecule has 1 atom stereocenters. The van der Waals surface area contributed by atoms with Gasteiger partial charge in [-0.15, -0.1) is 11.6 Å². The van der Waals surface area contributed by atoms with Crippen LogP contribution in [0.5, 0.6) is 0 Å². The molecule has 10 heavy (non-hydrogen) atoms. The highest BCUT2D eigenvalue weighted by atomic mass is 35.5. The third kappa shape index (κ3) is 4.57. The van der Waals surface area contributed by atoms with Crippen LogP contribution in [0.2, 0.25) is 0 Å². The number of rotatable bonds is 4. The number of halogens is 1. The number of hydrogen-bond donors (Lipinski definition) is 1. The zero-order valence-electron chi connectivity index (χ0n) is 6.52. The largest absolute Gasteiger partial charge is 0.308 e. The summed E-state index contributed by atoms with van der Waals surface area (Å²) in [5.41, 5.74) is 0.938. The SMILES string of the molecule is CCCC(Cl)/C=C(/C)C=N. The first-order chi connectivity index (χ1) is 4.70. The molecule has 0 aliphatic heterocycles. The van der Waals surface area contributed by atoms with Gasteiger partial charge in [0.25, 0.3) is 0 Å². The lowest BCUT2D eigenvalue weighted by Gasteiger charge is -2.00. The normalized spacial score (nSPS) is 14.9. The van der Waals surface area contributed by atoms with E-state index in [0.29, 0.717) is 0 Å². The maximum Gasteiger partial charge on any atom is 0.0522 e. The summed E-state index contributed by atoms with van der Waals surface area (Å²) in [5.74, 6) is 0. The number of hydrogen-bond acceptors (Lipinski definition) is 1. The third-order valence-electron chi connectivity index (χ3n) is 1.24. The zero-order chi connectivity index (χ0) is 7.98. The van der Waals surface area contributed by atoms with Crippen molar-refractivity contribution >= 4 is 17.8 Å². The molecule has 0 aromatic rings. The predicted octanol–water partition coefficient (Wildman–Crippen LogP) is 2.99. The molecule has 0 amide bonds. The monoisotopic (exact) mass is 159 g/mol. The Labute approximate surface area is 67.6 Å². The minimum Gasteiger partial charge on any atom is -0.308 e. The van der Waals surface area contributed by atoms with Gasteiger partial charge in [0.1, 0.15) is 0 Å². The summed E-state index contributed by atoms with van der Waals surface area (Å²) in [4.78, 5) is 0. The molecule has 0 aliphatic rings. The third-order valence-corrected chi connectivity index (χ3v) is 1.58. The van der Waals surface area contributed by atoms with Crippen LogP contribution in [0, 0.1) is 5.41 Å². The van der Waals surface area contributed by atoms with Crippen molar-refractivity contribution < 1.29 is 0 Å². The van der Waals surface area contributed by atoms with Crippen molar-refractivity contribution in [2.75, 3.05) is 0 Å². The van der Waals surface area contributed by atoms with Gasteiger partial charge in [0, 0.05) is 6.21 Å². The molecular weight excluding hydrogens is 146 g/mol.